The first-order valence-corrected chi connectivity index (χ1v) is 7.49. The van der Waals surface area contributed by atoms with Crippen LogP contribution in [-0.2, 0) is 10.2 Å². The molecule has 0 radical (unpaired) electrons. The number of phenolic OH excluding ortho intramolecular Hbond substituents is 2. The van der Waals surface area contributed by atoms with Gasteiger partial charge in [0.25, 0.3) is 0 Å². The lowest BCUT2D eigenvalue weighted by molar-refractivity contribution is -0.118. The van der Waals surface area contributed by atoms with Gasteiger partial charge >= 0.3 is 0 Å². The second kappa shape index (κ2) is 4.60. The molecule has 0 spiro atoms. The van der Waals surface area contributed by atoms with Gasteiger partial charge < -0.3 is 10.2 Å². The number of carbonyl (C=O) groups is 1. The number of benzene rings is 2. The third kappa shape index (κ3) is 1.85. The van der Waals surface area contributed by atoms with Crippen molar-refractivity contribution < 1.29 is 15.0 Å². The maximum atomic E-state index is 12.1. The maximum Gasteiger partial charge on any atom is 0.166 e. The molecule has 1 aliphatic rings. The van der Waals surface area contributed by atoms with Crippen molar-refractivity contribution >= 4 is 22.6 Å². The summed E-state index contributed by atoms with van der Waals surface area (Å²) in [4.78, 5) is 12.1. The van der Waals surface area contributed by atoms with Crippen molar-refractivity contribution in [3.05, 3.63) is 41.0 Å². The zero-order valence-electron chi connectivity index (χ0n) is 13.3. The van der Waals surface area contributed by atoms with E-state index in [0.29, 0.717) is 5.39 Å². The fourth-order valence-corrected chi connectivity index (χ4v) is 3.17. The van der Waals surface area contributed by atoms with Gasteiger partial charge in [-0.3, -0.25) is 4.79 Å². The summed E-state index contributed by atoms with van der Waals surface area (Å²) >= 11 is 0. The predicted octanol–water partition coefficient (Wildman–Crippen LogP) is 4.25. The minimum atomic E-state index is -0.628. The van der Waals surface area contributed by atoms with E-state index in [1.54, 1.807) is 12.2 Å². The van der Waals surface area contributed by atoms with Gasteiger partial charge in [0, 0.05) is 10.9 Å². The lowest BCUT2D eigenvalue weighted by Crippen LogP contribution is -2.30. The number of ketones is 1. The molecule has 0 saturated heterocycles. The number of allylic oxidation sites excluding steroid dienone is 1. The van der Waals surface area contributed by atoms with Crippen LogP contribution in [0.3, 0.4) is 0 Å². The molecule has 3 heteroatoms. The Balaban J connectivity index is 2.43. The molecule has 0 heterocycles. The lowest BCUT2D eigenvalue weighted by Gasteiger charge is -2.29. The van der Waals surface area contributed by atoms with E-state index in [1.807, 2.05) is 45.9 Å². The van der Waals surface area contributed by atoms with Gasteiger partial charge in [0.1, 0.15) is 0 Å². The highest BCUT2D eigenvalue weighted by Gasteiger charge is 2.34. The Bertz CT molecular complexity index is 826. The highest BCUT2D eigenvalue weighted by molar-refractivity contribution is 6.09. The van der Waals surface area contributed by atoms with Gasteiger partial charge in [-0.05, 0) is 48.4 Å². The second-order valence-electron chi connectivity index (χ2n) is 6.77. The lowest BCUT2D eigenvalue weighted by atomic mass is 9.73. The Morgan fingerprint density at radius 3 is 2.36 bits per heavy atom. The van der Waals surface area contributed by atoms with Crippen LogP contribution in [0.4, 0.5) is 0 Å². The van der Waals surface area contributed by atoms with Gasteiger partial charge in [-0.2, -0.15) is 0 Å². The normalized spacial score (nSPS) is 16.3. The molecule has 0 aliphatic heterocycles. The maximum absolute atomic E-state index is 12.1. The molecular weight excluding hydrogens is 276 g/mol. The number of fused-ring (bicyclic) bond motifs is 3. The third-order valence-electron chi connectivity index (χ3n) is 4.64. The SMILES string of the molecule is CC(C)c1cc2ccc3c(c2c(O)c1O)C=CC(=O)C3(C)C. The van der Waals surface area contributed by atoms with Crippen LogP contribution in [0.1, 0.15) is 50.3 Å². The molecule has 22 heavy (non-hydrogen) atoms. The summed E-state index contributed by atoms with van der Waals surface area (Å²) < 4.78 is 0. The van der Waals surface area contributed by atoms with Crippen molar-refractivity contribution in [1.82, 2.24) is 0 Å². The van der Waals surface area contributed by atoms with Crippen LogP contribution >= 0.6 is 0 Å². The molecule has 0 saturated carbocycles. The molecule has 2 N–H and O–H groups in total. The summed E-state index contributed by atoms with van der Waals surface area (Å²) in [5.41, 5.74) is 1.78. The van der Waals surface area contributed by atoms with E-state index >= 15 is 0 Å². The van der Waals surface area contributed by atoms with Crippen molar-refractivity contribution in [2.24, 2.45) is 0 Å². The number of hydrogen-bond donors (Lipinski definition) is 2. The van der Waals surface area contributed by atoms with Crippen molar-refractivity contribution in [1.29, 1.82) is 0 Å². The number of hydrogen-bond acceptors (Lipinski definition) is 3. The highest BCUT2D eigenvalue weighted by Crippen LogP contribution is 2.45. The third-order valence-corrected chi connectivity index (χ3v) is 4.64. The Morgan fingerprint density at radius 2 is 1.73 bits per heavy atom. The number of carbonyl (C=O) groups excluding carboxylic acids is 1. The molecule has 114 valence electrons. The van der Waals surface area contributed by atoms with Crippen molar-refractivity contribution in [3.63, 3.8) is 0 Å². The molecule has 0 unspecified atom stereocenters. The predicted molar refractivity (Wildman–Crippen MR) is 88.4 cm³/mol. The summed E-state index contributed by atoms with van der Waals surface area (Å²) in [6.07, 6.45) is 3.29. The Kier molecular flexibility index (Phi) is 3.06. The van der Waals surface area contributed by atoms with Crippen molar-refractivity contribution in [2.75, 3.05) is 0 Å². The Labute approximate surface area is 129 Å². The molecule has 3 rings (SSSR count). The second-order valence-corrected chi connectivity index (χ2v) is 6.77. The van der Waals surface area contributed by atoms with E-state index in [1.165, 1.54) is 0 Å². The van der Waals surface area contributed by atoms with E-state index in [2.05, 4.69) is 0 Å². The molecule has 0 fully saturated rings. The largest absolute Gasteiger partial charge is 0.504 e. The van der Waals surface area contributed by atoms with Gasteiger partial charge in [-0.15, -0.1) is 0 Å². The fraction of sp³-hybridized carbons (Fsp3) is 0.316. The van der Waals surface area contributed by atoms with Gasteiger partial charge in [-0.1, -0.05) is 32.1 Å². The van der Waals surface area contributed by atoms with E-state index in [0.717, 1.165) is 22.1 Å². The van der Waals surface area contributed by atoms with Crippen LogP contribution in [0.15, 0.2) is 24.3 Å². The minimum Gasteiger partial charge on any atom is -0.504 e. The monoisotopic (exact) mass is 296 g/mol. The molecule has 1 aliphatic carbocycles. The average molecular weight is 296 g/mol. The molecule has 3 nitrogen and oxygen atoms in total. The molecular formula is C19H20O3. The van der Waals surface area contributed by atoms with E-state index in [9.17, 15) is 15.0 Å². The first-order valence-electron chi connectivity index (χ1n) is 7.49. The zero-order chi connectivity index (χ0) is 16.2. The summed E-state index contributed by atoms with van der Waals surface area (Å²) in [7, 11) is 0. The van der Waals surface area contributed by atoms with Crippen molar-refractivity contribution in [2.45, 2.75) is 39.0 Å². The minimum absolute atomic E-state index is 0.0434. The summed E-state index contributed by atoms with van der Waals surface area (Å²) in [5, 5.41) is 22.3. The smallest absolute Gasteiger partial charge is 0.166 e. The number of phenols is 2. The van der Waals surface area contributed by atoms with Crippen LogP contribution in [0, 0.1) is 0 Å². The fourth-order valence-electron chi connectivity index (χ4n) is 3.17. The number of aromatic hydroxyl groups is 2. The number of rotatable bonds is 1. The molecule has 2 aromatic carbocycles. The first kappa shape index (κ1) is 14.6. The Morgan fingerprint density at radius 1 is 1.05 bits per heavy atom. The van der Waals surface area contributed by atoms with Crippen LogP contribution in [0.25, 0.3) is 16.8 Å². The topological polar surface area (TPSA) is 57.5 Å². The average Bonchev–Trinajstić information content (AvgIpc) is 2.45. The van der Waals surface area contributed by atoms with Crippen LogP contribution < -0.4 is 0 Å². The van der Waals surface area contributed by atoms with Crippen LogP contribution in [0.2, 0.25) is 0 Å². The van der Waals surface area contributed by atoms with E-state index in [-0.39, 0.29) is 23.2 Å². The molecule has 0 bridgehead atoms. The van der Waals surface area contributed by atoms with Gasteiger partial charge in [-0.25, -0.2) is 0 Å². The highest BCUT2D eigenvalue weighted by atomic mass is 16.3. The first-order chi connectivity index (χ1) is 10.2. The van der Waals surface area contributed by atoms with Crippen LogP contribution in [-0.4, -0.2) is 16.0 Å². The molecule has 2 aromatic rings. The van der Waals surface area contributed by atoms with Gasteiger partial charge in [0.15, 0.2) is 17.3 Å². The quantitative estimate of drug-likeness (QED) is 0.773. The summed E-state index contributed by atoms with van der Waals surface area (Å²) in [6, 6.07) is 5.76. The summed E-state index contributed by atoms with van der Waals surface area (Å²) in [6.45, 7) is 7.70. The summed E-state index contributed by atoms with van der Waals surface area (Å²) in [5.74, 6) is -0.0198. The van der Waals surface area contributed by atoms with E-state index < -0.39 is 5.41 Å². The van der Waals surface area contributed by atoms with Gasteiger partial charge in [0.2, 0.25) is 0 Å². The zero-order valence-corrected chi connectivity index (χ0v) is 13.3. The van der Waals surface area contributed by atoms with Gasteiger partial charge in [0.05, 0.1) is 5.41 Å². The van der Waals surface area contributed by atoms with Crippen LogP contribution in [0.5, 0.6) is 11.5 Å². The molecule has 0 atom stereocenters. The standard InChI is InChI=1S/C19H20O3/c1-10(2)13-9-11-5-7-14-12(16(11)18(22)17(13)21)6-8-15(20)19(14,3)4/h5-10,21-22H,1-4H3. The van der Waals surface area contributed by atoms with Crippen molar-refractivity contribution in [3.8, 4) is 11.5 Å². The molecule has 0 amide bonds. The molecule has 0 aromatic heterocycles. The van der Waals surface area contributed by atoms with E-state index in [4.69, 9.17) is 0 Å². The Hall–Kier alpha value is -2.29.